The van der Waals surface area contributed by atoms with Crippen LogP contribution >= 0.6 is 27.7 Å². The van der Waals surface area contributed by atoms with Crippen molar-refractivity contribution in [3.8, 4) is 0 Å². The molecule has 5 heteroatoms. The number of thioether (sulfide) groups is 1. The summed E-state index contributed by atoms with van der Waals surface area (Å²) < 4.78 is 1.12. The lowest BCUT2D eigenvalue weighted by Crippen LogP contribution is -2.02. The summed E-state index contributed by atoms with van der Waals surface area (Å²) in [4.78, 5) is 10.5. The lowest BCUT2D eigenvalue weighted by atomic mass is 10.2. The molecular formula is C14H14BrN3S. The average molecular weight is 336 g/mol. The molecule has 0 saturated carbocycles. The Morgan fingerprint density at radius 3 is 2.95 bits per heavy atom. The van der Waals surface area contributed by atoms with Gasteiger partial charge in [0, 0.05) is 33.7 Å². The van der Waals surface area contributed by atoms with Crippen LogP contribution in [0.3, 0.4) is 0 Å². The summed E-state index contributed by atoms with van der Waals surface area (Å²) >= 11 is 5.32. The Bertz CT molecular complexity index is 616. The number of hydrogen-bond donors (Lipinski definition) is 1. The zero-order valence-corrected chi connectivity index (χ0v) is 13.0. The topological polar surface area (TPSA) is 37.8 Å². The SMILES string of the molecule is Cc1nc(CSc2ccccc2Br)nc2c1CNC2. The molecule has 98 valence electrons. The van der Waals surface area contributed by atoms with Gasteiger partial charge < -0.3 is 5.32 Å². The molecule has 0 fully saturated rings. The molecule has 0 radical (unpaired) electrons. The molecule has 1 N–H and O–H groups in total. The first kappa shape index (κ1) is 13.1. The van der Waals surface area contributed by atoms with Crippen molar-refractivity contribution in [2.75, 3.05) is 0 Å². The smallest absolute Gasteiger partial charge is 0.139 e. The monoisotopic (exact) mass is 335 g/mol. The highest BCUT2D eigenvalue weighted by Gasteiger charge is 2.16. The van der Waals surface area contributed by atoms with Crippen molar-refractivity contribution in [1.82, 2.24) is 15.3 Å². The van der Waals surface area contributed by atoms with Gasteiger partial charge in [0.25, 0.3) is 0 Å². The third kappa shape index (κ3) is 2.83. The number of fused-ring (bicyclic) bond motifs is 1. The van der Waals surface area contributed by atoms with Gasteiger partial charge in [0.05, 0.1) is 11.4 Å². The highest BCUT2D eigenvalue weighted by atomic mass is 79.9. The quantitative estimate of drug-likeness (QED) is 0.872. The molecular weight excluding hydrogens is 322 g/mol. The van der Waals surface area contributed by atoms with E-state index in [1.54, 1.807) is 11.8 Å². The molecule has 1 aliphatic heterocycles. The van der Waals surface area contributed by atoms with Gasteiger partial charge in [-0.3, -0.25) is 0 Å². The number of nitrogens with zero attached hydrogens (tertiary/aromatic N) is 2. The van der Waals surface area contributed by atoms with Crippen molar-refractivity contribution in [2.24, 2.45) is 0 Å². The second kappa shape index (κ2) is 5.61. The molecule has 0 amide bonds. The standard InChI is InChI=1S/C14H14BrN3S/c1-9-10-6-16-7-12(10)18-14(17-9)8-19-13-5-3-2-4-11(13)15/h2-5,16H,6-8H2,1H3. The second-order valence-corrected chi connectivity index (χ2v) is 6.34. The first-order valence-electron chi connectivity index (χ1n) is 6.17. The number of aromatic nitrogens is 2. The highest BCUT2D eigenvalue weighted by Crippen LogP contribution is 2.29. The highest BCUT2D eigenvalue weighted by molar-refractivity contribution is 9.10. The minimum atomic E-state index is 0.802. The van der Waals surface area contributed by atoms with Crippen LogP contribution in [0.2, 0.25) is 0 Å². The molecule has 0 saturated heterocycles. The molecule has 0 atom stereocenters. The third-order valence-electron chi connectivity index (χ3n) is 3.13. The van der Waals surface area contributed by atoms with Crippen LogP contribution in [0, 0.1) is 6.92 Å². The summed E-state index contributed by atoms with van der Waals surface area (Å²) in [6, 6.07) is 8.24. The molecule has 3 nitrogen and oxygen atoms in total. The summed E-state index contributed by atoms with van der Waals surface area (Å²) in [6.07, 6.45) is 0. The first-order valence-corrected chi connectivity index (χ1v) is 7.95. The van der Waals surface area contributed by atoms with Crippen molar-refractivity contribution < 1.29 is 0 Å². The van der Waals surface area contributed by atoms with Crippen LogP contribution in [0.15, 0.2) is 33.6 Å². The van der Waals surface area contributed by atoms with E-state index in [0.29, 0.717) is 0 Å². The maximum absolute atomic E-state index is 4.65. The summed E-state index contributed by atoms with van der Waals surface area (Å²) in [5, 5.41) is 3.32. The van der Waals surface area contributed by atoms with Gasteiger partial charge in [-0.1, -0.05) is 12.1 Å². The molecule has 0 spiro atoms. The Kier molecular flexibility index (Phi) is 3.86. The van der Waals surface area contributed by atoms with Crippen molar-refractivity contribution in [3.63, 3.8) is 0 Å². The van der Waals surface area contributed by atoms with Gasteiger partial charge >= 0.3 is 0 Å². The Morgan fingerprint density at radius 1 is 1.26 bits per heavy atom. The Labute approximate surface area is 125 Å². The van der Waals surface area contributed by atoms with Gasteiger partial charge in [0.1, 0.15) is 5.82 Å². The van der Waals surface area contributed by atoms with Crippen LogP contribution in [0.1, 0.15) is 22.8 Å². The van der Waals surface area contributed by atoms with Crippen molar-refractivity contribution in [3.05, 3.63) is 51.5 Å². The minimum Gasteiger partial charge on any atom is -0.307 e. The van der Waals surface area contributed by atoms with E-state index in [1.165, 1.54) is 10.5 Å². The van der Waals surface area contributed by atoms with Crippen LogP contribution in [0.5, 0.6) is 0 Å². The molecule has 2 aromatic rings. The average Bonchev–Trinajstić information content (AvgIpc) is 2.87. The lowest BCUT2D eigenvalue weighted by Gasteiger charge is -2.07. The molecule has 0 aliphatic carbocycles. The maximum Gasteiger partial charge on any atom is 0.139 e. The lowest BCUT2D eigenvalue weighted by molar-refractivity contribution is 0.756. The summed E-state index contributed by atoms with van der Waals surface area (Å²) in [5.74, 6) is 1.72. The molecule has 0 unspecified atom stereocenters. The van der Waals surface area contributed by atoms with Gasteiger partial charge in [-0.15, -0.1) is 11.8 Å². The van der Waals surface area contributed by atoms with Crippen molar-refractivity contribution in [1.29, 1.82) is 0 Å². The van der Waals surface area contributed by atoms with E-state index in [-0.39, 0.29) is 0 Å². The number of aryl methyl sites for hydroxylation is 1. The third-order valence-corrected chi connectivity index (χ3v) is 5.16. The zero-order valence-electron chi connectivity index (χ0n) is 10.6. The summed E-state index contributed by atoms with van der Waals surface area (Å²) in [6.45, 7) is 3.84. The fourth-order valence-corrected chi connectivity index (χ4v) is 3.59. The molecule has 2 heterocycles. The fourth-order valence-electron chi connectivity index (χ4n) is 2.17. The van der Waals surface area contributed by atoms with Gasteiger partial charge in [-0.2, -0.15) is 0 Å². The molecule has 1 aliphatic rings. The maximum atomic E-state index is 4.65. The van der Waals surface area contributed by atoms with Gasteiger partial charge in [-0.05, 0) is 35.0 Å². The van der Waals surface area contributed by atoms with E-state index in [1.807, 2.05) is 12.1 Å². The zero-order chi connectivity index (χ0) is 13.2. The molecule has 19 heavy (non-hydrogen) atoms. The largest absolute Gasteiger partial charge is 0.307 e. The summed E-state index contributed by atoms with van der Waals surface area (Å²) in [7, 11) is 0. The van der Waals surface area contributed by atoms with Crippen molar-refractivity contribution >= 4 is 27.7 Å². The number of nitrogens with one attached hydrogen (secondary N) is 1. The summed E-state index contributed by atoms with van der Waals surface area (Å²) in [5.41, 5.74) is 3.54. The Hall–Kier alpha value is -0.910. The van der Waals surface area contributed by atoms with E-state index in [0.717, 1.165) is 40.5 Å². The van der Waals surface area contributed by atoms with E-state index < -0.39 is 0 Å². The fraction of sp³-hybridized carbons (Fsp3) is 0.286. The second-order valence-electron chi connectivity index (χ2n) is 4.47. The van der Waals surface area contributed by atoms with E-state index >= 15 is 0 Å². The van der Waals surface area contributed by atoms with E-state index in [4.69, 9.17) is 0 Å². The Morgan fingerprint density at radius 2 is 2.11 bits per heavy atom. The number of benzene rings is 1. The predicted molar refractivity (Wildman–Crippen MR) is 81.0 cm³/mol. The van der Waals surface area contributed by atoms with Gasteiger partial charge in [0.2, 0.25) is 0 Å². The molecule has 1 aromatic carbocycles. The predicted octanol–water partition coefficient (Wildman–Crippen LogP) is 3.44. The van der Waals surface area contributed by atoms with Crippen LogP contribution in [-0.4, -0.2) is 9.97 Å². The molecule has 1 aromatic heterocycles. The molecule has 0 bridgehead atoms. The number of halogens is 1. The number of rotatable bonds is 3. The van der Waals surface area contributed by atoms with Crippen LogP contribution in [-0.2, 0) is 18.8 Å². The van der Waals surface area contributed by atoms with Gasteiger partial charge in [0.15, 0.2) is 0 Å². The Balaban J connectivity index is 1.78. The van der Waals surface area contributed by atoms with Crippen molar-refractivity contribution in [2.45, 2.75) is 30.7 Å². The van der Waals surface area contributed by atoms with Crippen LogP contribution < -0.4 is 5.32 Å². The normalized spacial score (nSPS) is 13.6. The van der Waals surface area contributed by atoms with Crippen LogP contribution in [0.4, 0.5) is 0 Å². The first-order chi connectivity index (χ1) is 9.24. The van der Waals surface area contributed by atoms with Crippen LogP contribution in [0.25, 0.3) is 0 Å². The van der Waals surface area contributed by atoms with E-state index in [9.17, 15) is 0 Å². The van der Waals surface area contributed by atoms with E-state index in [2.05, 4.69) is 50.3 Å². The minimum absolute atomic E-state index is 0.802. The molecule has 3 rings (SSSR count). The number of hydrogen-bond acceptors (Lipinski definition) is 4. The van der Waals surface area contributed by atoms with Gasteiger partial charge in [-0.25, -0.2) is 9.97 Å².